The number of nitrogens with one attached hydrogen (secondary N) is 1. The van der Waals surface area contributed by atoms with E-state index in [0.717, 1.165) is 23.1 Å². The van der Waals surface area contributed by atoms with E-state index in [9.17, 15) is 4.79 Å². The number of benzene rings is 3. The van der Waals surface area contributed by atoms with Crippen LogP contribution in [0.25, 0.3) is 0 Å². The summed E-state index contributed by atoms with van der Waals surface area (Å²) in [5.41, 5.74) is 2.35. The van der Waals surface area contributed by atoms with Gasteiger partial charge in [0.25, 0.3) is 5.91 Å². The Balaban J connectivity index is 1.69. The number of halogens is 1. The molecular formula is C25H26BrNO3. The summed E-state index contributed by atoms with van der Waals surface area (Å²) in [5.74, 6) is 1.06. The van der Waals surface area contributed by atoms with Crippen LogP contribution in [0.15, 0.2) is 77.3 Å². The minimum atomic E-state index is -0.230. The molecule has 3 aromatic rings. The molecule has 1 amide bonds. The molecule has 30 heavy (non-hydrogen) atoms. The van der Waals surface area contributed by atoms with E-state index in [0.29, 0.717) is 23.6 Å². The molecule has 0 bridgehead atoms. The van der Waals surface area contributed by atoms with Crippen molar-refractivity contribution in [3.63, 3.8) is 0 Å². The van der Waals surface area contributed by atoms with Crippen LogP contribution in [0, 0.1) is 0 Å². The highest BCUT2D eigenvalue weighted by molar-refractivity contribution is 9.10. The Kier molecular flexibility index (Phi) is 7.91. The van der Waals surface area contributed by atoms with Gasteiger partial charge in [0.2, 0.25) is 0 Å². The lowest BCUT2D eigenvalue weighted by atomic mass is 10.1. The van der Waals surface area contributed by atoms with Crippen molar-refractivity contribution >= 4 is 27.5 Å². The van der Waals surface area contributed by atoms with E-state index < -0.39 is 0 Å². The van der Waals surface area contributed by atoms with Gasteiger partial charge in [-0.15, -0.1) is 0 Å². The first kappa shape index (κ1) is 21.9. The number of carbonyl (C=O) groups is 1. The second kappa shape index (κ2) is 10.8. The Morgan fingerprint density at radius 2 is 1.83 bits per heavy atom. The lowest BCUT2D eigenvalue weighted by Crippen LogP contribution is -2.15. The van der Waals surface area contributed by atoms with E-state index in [1.165, 1.54) is 5.56 Å². The van der Waals surface area contributed by atoms with Gasteiger partial charge in [-0.2, -0.15) is 0 Å². The first-order valence-electron chi connectivity index (χ1n) is 10.1. The number of hydrogen-bond donors (Lipinski definition) is 1. The molecule has 3 rings (SSSR count). The molecule has 0 fully saturated rings. The lowest BCUT2D eigenvalue weighted by Gasteiger charge is -2.15. The minimum absolute atomic E-state index is 0.116. The fourth-order valence-electron chi connectivity index (χ4n) is 2.89. The summed E-state index contributed by atoms with van der Waals surface area (Å²) in [6, 6.07) is 23.0. The molecule has 0 aromatic heterocycles. The highest BCUT2D eigenvalue weighted by Crippen LogP contribution is 2.26. The molecule has 0 saturated carbocycles. The molecule has 0 radical (unpaired) electrons. The van der Waals surface area contributed by atoms with Crippen LogP contribution in [0.4, 0.5) is 5.69 Å². The van der Waals surface area contributed by atoms with Crippen LogP contribution in [0.3, 0.4) is 0 Å². The summed E-state index contributed by atoms with van der Waals surface area (Å²) in [6.45, 7) is 4.58. The molecule has 0 aliphatic carbocycles. The quantitative estimate of drug-likeness (QED) is 0.390. The third kappa shape index (κ3) is 6.36. The van der Waals surface area contributed by atoms with E-state index in [4.69, 9.17) is 9.47 Å². The summed E-state index contributed by atoms with van der Waals surface area (Å²) in [6.07, 6.45) is 1.80. The third-order valence-electron chi connectivity index (χ3n) is 4.68. The SMILES string of the molecule is CCC(C)Oc1cccc(NC(=O)c2cc(Br)ccc2OCCc2ccccc2)c1. The first-order valence-corrected chi connectivity index (χ1v) is 10.9. The van der Waals surface area contributed by atoms with Crippen molar-refractivity contribution < 1.29 is 14.3 Å². The monoisotopic (exact) mass is 467 g/mol. The van der Waals surface area contributed by atoms with E-state index in [1.807, 2.05) is 61.5 Å². The van der Waals surface area contributed by atoms with Crippen LogP contribution in [-0.4, -0.2) is 18.6 Å². The highest BCUT2D eigenvalue weighted by atomic mass is 79.9. The van der Waals surface area contributed by atoms with Gasteiger partial charge in [-0.25, -0.2) is 0 Å². The second-order valence-electron chi connectivity index (χ2n) is 7.04. The summed E-state index contributed by atoms with van der Waals surface area (Å²) >= 11 is 3.45. The smallest absolute Gasteiger partial charge is 0.259 e. The molecule has 1 N–H and O–H groups in total. The van der Waals surface area contributed by atoms with Crippen molar-refractivity contribution in [2.24, 2.45) is 0 Å². The van der Waals surface area contributed by atoms with Crippen LogP contribution < -0.4 is 14.8 Å². The average Bonchev–Trinajstić information content (AvgIpc) is 2.75. The molecule has 0 aliphatic rings. The van der Waals surface area contributed by atoms with Crippen molar-refractivity contribution in [1.82, 2.24) is 0 Å². The fourth-order valence-corrected chi connectivity index (χ4v) is 3.25. The van der Waals surface area contributed by atoms with Gasteiger partial charge < -0.3 is 14.8 Å². The summed E-state index contributed by atoms with van der Waals surface area (Å²) < 4.78 is 12.6. The largest absolute Gasteiger partial charge is 0.492 e. The Labute approximate surface area is 186 Å². The second-order valence-corrected chi connectivity index (χ2v) is 7.96. The maximum absolute atomic E-state index is 13.0. The zero-order valence-electron chi connectivity index (χ0n) is 17.2. The van der Waals surface area contributed by atoms with Crippen molar-refractivity contribution in [1.29, 1.82) is 0 Å². The third-order valence-corrected chi connectivity index (χ3v) is 5.17. The number of hydrogen-bond acceptors (Lipinski definition) is 3. The number of carbonyl (C=O) groups excluding carboxylic acids is 1. The lowest BCUT2D eigenvalue weighted by molar-refractivity contribution is 0.102. The van der Waals surface area contributed by atoms with Crippen LogP contribution in [0.1, 0.15) is 36.2 Å². The normalized spacial score (nSPS) is 11.6. The van der Waals surface area contributed by atoms with Crippen molar-refractivity contribution in [3.05, 3.63) is 88.4 Å². The van der Waals surface area contributed by atoms with Gasteiger partial charge in [-0.3, -0.25) is 4.79 Å². The molecule has 0 saturated heterocycles. The Morgan fingerprint density at radius 3 is 2.60 bits per heavy atom. The van der Waals surface area contributed by atoms with Gasteiger partial charge in [0.15, 0.2) is 0 Å². The molecule has 1 unspecified atom stereocenters. The van der Waals surface area contributed by atoms with Crippen LogP contribution in [-0.2, 0) is 6.42 Å². The van der Waals surface area contributed by atoms with Gasteiger partial charge in [0, 0.05) is 22.6 Å². The van der Waals surface area contributed by atoms with Gasteiger partial charge in [-0.05, 0) is 49.2 Å². The van der Waals surface area contributed by atoms with E-state index in [2.05, 4.69) is 40.3 Å². The van der Waals surface area contributed by atoms with Gasteiger partial charge >= 0.3 is 0 Å². The molecular weight excluding hydrogens is 442 g/mol. The Bertz CT molecular complexity index is 975. The van der Waals surface area contributed by atoms with Crippen LogP contribution >= 0.6 is 15.9 Å². The van der Waals surface area contributed by atoms with E-state index >= 15 is 0 Å². The molecule has 0 aliphatic heterocycles. The zero-order valence-corrected chi connectivity index (χ0v) is 18.8. The van der Waals surface area contributed by atoms with Crippen molar-refractivity contribution in [2.45, 2.75) is 32.8 Å². The maximum atomic E-state index is 13.0. The molecule has 5 heteroatoms. The van der Waals surface area contributed by atoms with Gasteiger partial charge in [-0.1, -0.05) is 59.3 Å². The molecule has 0 heterocycles. The molecule has 0 spiro atoms. The standard InChI is InChI=1S/C25H26BrNO3/c1-3-18(2)30-22-11-7-10-21(17-22)27-25(28)23-16-20(26)12-13-24(23)29-15-14-19-8-5-4-6-9-19/h4-13,16-18H,3,14-15H2,1-2H3,(H,27,28). The number of ether oxygens (including phenoxy) is 2. The zero-order chi connectivity index (χ0) is 21.3. The minimum Gasteiger partial charge on any atom is -0.492 e. The Morgan fingerprint density at radius 1 is 1.03 bits per heavy atom. The Hall–Kier alpha value is -2.79. The van der Waals surface area contributed by atoms with Crippen molar-refractivity contribution in [2.75, 3.05) is 11.9 Å². The first-order chi connectivity index (χ1) is 14.5. The predicted molar refractivity (Wildman–Crippen MR) is 125 cm³/mol. The number of amides is 1. The maximum Gasteiger partial charge on any atom is 0.259 e. The van der Waals surface area contributed by atoms with E-state index in [-0.39, 0.29) is 12.0 Å². The van der Waals surface area contributed by atoms with Gasteiger partial charge in [0.05, 0.1) is 18.3 Å². The van der Waals surface area contributed by atoms with Crippen LogP contribution in [0.2, 0.25) is 0 Å². The molecule has 3 aromatic carbocycles. The summed E-state index contributed by atoms with van der Waals surface area (Å²) in [4.78, 5) is 13.0. The molecule has 4 nitrogen and oxygen atoms in total. The van der Waals surface area contributed by atoms with Crippen molar-refractivity contribution in [3.8, 4) is 11.5 Å². The summed E-state index contributed by atoms with van der Waals surface area (Å²) in [5, 5.41) is 2.95. The average molecular weight is 468 g/mol. The molecule has 1 atom stereocenters. The van der Waals surface area contributed by atoms with Gasteiger partial charge in [0.1, 0.15) is 11.5 Å². The highest BCUT2D eigenvalue weighted by Gasteiger charge is 2.14. The molecule has 156 valence electrons. The predicted octanol–water partition coefficient (Wildman–Crippen LogP) is 6.50. The number of rotatable bonds is 9. The topological polar surface area (TPSA) is 47.6 Å². The number of anilines is 1. The summed E-state index contributed by atoms with van der Waals surface area (Å²) in [7, 11) is 0. The van der Waals surface area contributed by atoms with E-state index in [1.54, 1.807) is 6.07 Å². The fraction of sp³-hybridized carbons (Fsp3) is 0.240. The van der Waals surface area contributed by atoms with Crippen LogP contribution in [0.5, 0.6) is 11.5 Å².